The van der Waals surface area contributed by atoms with Gasteiger partial charge in [-0.1, -0.05) is 11.6 Å². The van der Waals surface area contributed by atoms with Crippen LogP contribution >= 0.6 is 11.6 Å². The summed E-state index contributed by atoms with van der Waals surface area (Å²) in [6, 6.07) is 4.38. The molecule has 0 spiro atoms. The minimum Gasteiger partial charge on any atom is -0.301 e. The van der Waals surface area contributed by atoms with Crippen LogP contribution in [-0.2, 0) is 6.42 Å². The predicted octanol–water partition coefficient (Wildman–Crippen LogP) is 3.05. The molecule has 1 aliphatic rings. The number of hydrogen-bond acceptors (Lipinski definition) is 3. The summed E-state index contributed by atoms with van der Waals surface area (Å²) in [5.41, 5.74) is 0.837. The number of nitrogens with zero attached hydrogens (tertiary/aromatic N) is 4. The largest absolute Gasteiger partial charge is 0.301 e. The number of likely N-dealkylation sites (tertiary alicyclic amines) is 1. The monoisotopic (exact) mass is 292 g/mol. The van der Waals surface area contributed by atoms with Gasteiger partial charge >= 0.3 is 0 Å². The fraction of sp³-hybridized carbons (Fsp3) is 0.600. The van der Waals surface area contributed by atoms with Crippen molar-refractivity contribution in [2.75, 3.05) is 13.1 Å². The second-order valence-corrected chi connectivity index (χ2v) is 6.43. The Morgan fingerprint density at radius 1 is 1.40 bits per heavy atom. The van der Waals surface area contributed by atoms with Gasteiger partial charge in [0, 0.05) is 36.3 Å². The summed E-state index contributed by atoms with van der Waals surface area (Å²) >= 11 is 5.99. The first kappa shape index (κ1) is 13.8. The molecule has 20 heavy (non-hydrogen) atoms. The zero-order chi connectivity index (χ0) is 14.1. The van der Waals surface area contributed by atoms with E-state index in [-0.39, 0.29) is 0 Å². The Kier molecular flexibility index (Phi) is 3.94. The fourth-order valence-electron chi connectivity index (χ4n) is 3.05. The number of hydrogen-bond donors (Lipinski definition) is 0. The first-order chi connectivity index (χ1) is 9.63. The Balaban J connectivity index is 1.76. The molecule has 4 nitrogen and oxygen atoms in total. The fourth-order valence-corrected chi connectivity index (χ4v) is 3.20. The van der Waals surface area contributed by atoms with E-state index in [1.165, 1.54) is 25.9 Å². The molecule has 1 atom stereocenters. The minimum absolute atomic E-state index is 0.631. The average molecular weight is 293 g/mol. The van der Waals surface area contributed by atoms with E-state index in [9.17, 15) is 0 Å². The molecule has 3 rings (SSSR count). The van der Waals surface area contributed by atoms with E-state index in [1.54, 1.807) is 0 Å². The molecule has 0 saturated carbocycles. The highest BCUT2D eigenvalue weighted by molar-refractivity contribution is 6.30. The van der Waals surface area contributed by atoms with E-state index in [4.69, 9.17) is 11.6 Å². The van der Waals surface area contributed by atoms with Crippen molar-refractivity contribution in [3.63, 3.8) is 0 Å². The molecule has 1 unspecified atom stereocenters. The Morgan fingerprint density at radius 2 is 2.25 bits per heavy atom. The molecule has 0 radical (unpaired) electrons. The summed E-state index contributed by atoms with van der Waals surface area (Å²) in [6.07, 6.45) is 5.53. The molecule has 1 aliphatic heterocycles. The molecule has 0 bridgehead atoms. The van der Waals surface area contributed by atoms with Gasteiger partial charge in [0.05, 0.1) is 0 Å². The van der Waals surface area contributed by atoms with Crippen LogP contribution in [0.25, 0.3) is 5.65 Å². The molecule has 1 fully saturated rings. The van der Waals surface area contributed by atoms with Gasteiger partial charge in [-0.15, -0.1) is 10.2 Å². The van der Waals surface area contributed by atoms with Crippen LogP contribution in [0.15, 0.2) is 18.3 Å². The van der Waals surface area contributed by atoms with Crippen LogP contribution in [0.2, 0.25) is 5.02 Å². The third-order valence-corrected chi connectivity index (χ3v) is 4.43. The quantitative estimate of drug-likeness (QED) is 0.872. The smallest absolute Gasteiger partial charge is 0.162 e. The summed E-state index contributed by atoms with van der Waals surface area (Å²) in [5.74, 6) is 1.72. The van der Waals surface area contributed by atoms with Crippen molar-refractivity contribution in [2.24, 2.45) is 5.92 Å². The Hall–Kier alpha value is -1.13. The molecule has 0 N–H and O–H groups in total. The third-order valence-electron chi connectivity index (χ3n) is 4.19. The number of halogens is 1. The molecule has 0 amide bonds. The first-order valence-corrected chi connectivity index (χ1v) is 7.74. The van der Waals surface area contributed by atoms with Gasteiger partial charge in [0.25, 0.3) is 0 Å². The van der Waals surface area contributed by atoms with Crippen LogP contribution in [-0.4, -0.2) is 38.6 Å². The lowest BCUT2D eigenvalue weighted by Crippen LogP contribution is -2.40. The topological polar surface area (TPSA) is 33.4 Å². The molecule has 3 heterocycles. The molecule has 0 aliphatic carbocycles. The lowest BCUT2D eigenvalue weighted by atomic mass is 9.93. The Labute approximate surface area is 124 Å². The second-order valence-electron chi connectivity index (χ2n) is 5.99. The van der Waals surface area contributed by atoms with Gasteiger partial charge in [-0.05, 0) is 45.2 Å². The van der Waals surface area contributed by atoms with Gasteiger partial charge in [-0.25, -0.2) is 0 Å². The van der Waals surface area contributed by atoms with Crippen molar-refractivity contribution in [1.29, 1.82) is 0 Å². The number of rotatable bonds is 3. The van der Waals surface area contributed by atoms with Crippen LogP contribution in [0.4, 0.5) is 0 Å². The maximum absolute atomic E-state index is 5.99. The highest BCUT2D eigenvalue weighted by Gasteiger charge is 2.23. The van der Waals surface area contributed by atoms with Crippen LogP contribution < -0.4 is 0 Å². The van der Waals surface area contributed by atoms with Crippen molar-refractivity contribution in [3.8, 4) is 0 Å². The van der Waals surface area contributed by atoms with Crippen molar-refractivity contribution in [3.05, 3.63) is 29.2 Å². The lowest BCUT2D eigenvalue weighted by molar-refractivity contribution is 0.138. The van der Waals surface area contributed by atoms with Crippen LogP contribution in [0.5, 0.6) is 0 Å². The number of fused-ring (bicyclic) bond motifs is 1. The van der Waals surface area contributed by atoms with Crippen LogP contribution in [0.3, 0.4) is 0 Å². The molecule has 5 heteroatoms. The van der Waals surface area contributed by atoms with Gasteiger partial charge in [0.15, 0.2) is 5.65 Å². The van der Waals surface area contributed by atoms with Crippen molar-refractivity contribution >= 4 is 17.2 Å². The predicted molar refractivity (Wildman–Crippen MR) is 81.1 cm³/mol. The zero-order valence-corrected chi connectivity index (χ0v) is 12.8. The van der Waals surface area contributed by atoms with E-state index >= 15 is 0 Å². The van der Waals surface area contributed by atoms with E-state index in [0.29, 0.717) is 17.0 Å². The summed E-state index contributed by atoms with van der Waals surface area (Å²) in [7, 11) is 0. The van der Waals surface area contributed by atoms with E-state index in [2.05, 4.69) is 33.3 Å². The van der Waals surface area contributed by atoms with E-state index in [0.717, 1.165) is 17.9 Å². The van der Waals surface area contributed by atoms with Crippen molar-refractivity contribution < 1.29 is 0 Å². The molecule has 108 valence electrons. The first-order valence-electron chi connectivity index (χ1n) is 7.36. The highest BCUT2D eigenvalue weighted by Crippen LogP contribution is 2.22. The number of aromatic nitrogens is 3. The normalized spacial score (nSPS) is 20.9. The highest BCUT2D eigenvalue weighted by atomic mass is 35.5. The Bertz CT molecular complexity index is 593. The summed E-state index contributed by atoms with van der Waals surface area (Å²) in [4.78, 5) is 2.56. The van der Waals surface area contributed by atoms with Gasteiger partial charge in [-0.2, -0.15) is 0 Å². The molecule has 2 aromatic heterocycles. The molecule has 1 saturated heterocycles. The zero-order valence-electron chi connectivity index (χ0n) is 12.1. The summed E-state index contributed by atoms with van der Waals surface area (Å²) < 4.78 is 2.06. The number of piperidine rings is 1. The number of pyridine rings is 1. The Morgan fingerprint density at radius 3 is 3.05 bits per heavy atom. The SMILES string of the molecule is CC(C)N1CCCC(Cc2nnc3cc(Cl)ccn23)C1. The van der Waals surface area contributed by atoms with Crippen molar-refractivity contribution in [1.82, 2.24) is 19.5 Å². The maximum atomic E-state index is 5.99. The van der Waals surface area contributed by atoms with E-state index in [1.807, 2.05) is 18.3 Å². The van der Waals surface area contributed by atoms with Gasteiger partial charge in [0.1, 0.15) is 5.82 Å². The lowest BCUT2D eigenvalue weighted by Gasteiger charge is -2.35. The molecule has 0 aromatic carbocycles. The standard InChI is InChI=1S/C15H21ClN4/c1-11(2)19-6-3-4-12(10-19)8-14-17-18-15-9-13(16)5-7-20(14)15/h5,7,9,11-12H,3-4,6,8,10H2,1-2H3. The molecule has 2 aromatic rings. The third kappa shape index (κ3) is 2.81. The minimum atomic E-state index is 0.631. The maximum Gasteiger partial charge on any atom is 0.162 e. The van der Waals surface area contributed by atoms with Crippen LogP contribution in [0.1, 0.15) is 32.5 Å². The summed E-state index contributed by atoms with van der Waals surface area (Å²) in [5, 5.41) is 9.26. The van der Waals surface area contributed by atoms with E-state index < -0.39 is 0 Å². The average Bonchev–Trinajstić information content (AvgIpc) is 2.81. The van der Waals surface area contributed by atoms with Crippen molar-refractivity contribution in [2.45, 2.75) is 39.2 Å². The van der Waals surface area contributed by atoms with Gasteiger partial charge in [-0.3, -0.25) is 4.40 Å². The molecular formula is C15H21ClN4. The van der Waals surface area contributed by atoms with Crippen LogP contribution in [0, 0.1) is 5.92 Å². The van der Waals surface area contributed by atoms with Gasteiger partial charge in [0.2, 0.25) is 0 Å². The summed E-state index contributed by atoms with van der Waals surface area (Å²) in [6.45, 7) is 6.94. The van der Waals surface area contributed by atoms with Gasteiger partial charge < -0.3 is 4.90 Å². The molecular weight excluding hydrogens is 272 g/mol. The second kappa shape index (κ2) is 5.70.